The maximum atomic E-state index is 11.8. The van der Waals surface area contributed by atoms with Gasteiger partial charge in [0.15, 0.2) is 0 Å². The molecule has 2 aliphatic heterocycles. The maximum Gasteiger partial charge on any atom is 0.317 e. The second kappa shape index (κ2) is 7.61. The van der Waals surface area contributed by atoms with Crippen molar-refractivity contribution >= 4 is 12.0 Å². The number of amides is 2. The Balaban J connectivity index is 1.53. The number of likely N-dealkylation sites (tertiary alicyclic amines) is 1. The van der Waals surface area contributed by atoms with Gasteiger partial charge in [0, 0.05) is 38.6 Å². The highest BCUT2D eigenvalue weighted by molar-refractivity contribution is 5.76. The van der Waals surface area contributed by atoms with Crippen LogP contribution in [0.3, 0.4) is 0 Å². The van der Waals surface area contributed by atoms with Crippen LogP contribution in [0.15, 0.2) is 0 Å². The second-order valence-electron chi connectivity index (χ2n) is 5.83. The smallest absolute Gasteiger partial charge is 0.317 e. The number of ether oxygens (including phenoxy) is 1. The minimum atomic E-state index is -0.787. The average molecular weight is 299 g/mol. The first kappa shape index (κ1) is 16.0. The molecule has 7 nitrogen and oxygen atoms in total. The van der Waals surface area contributed by atoms with E-state index in [1.807, 2.05) is 0 Å². The number of urea groups is 1. The molecule has 0 spiro atoms. The van der Waals surface area contributed by atoms with E-state index in [1.54, 1.807) is 11.8 Å². The third-order valence-electron chi connectivity index (χ3n) is 4.32. The minimum Gasteiger partial charge on any atom is -0.481 e. The third kappa shape index (κ3) is 4.57. The van der Waals surface area contributed by atoms with Crippen molar-refractivity contribution in [2.75, 3.05) is 52.5 Å². The van der Waals surface area contributed by atoms with Crippen LogP contribution in [-0.4, -0.2) is 79.4 Å². The van der Waals surface area contributed by atoms with E-state index in [2.05, 4.69) is 10.2 Å². The van der Waals surface area contributed by atoms with E-state index in [-0.39, 0.29) is 17.9 Å². The summed E-state index contributed by atoms with van der Waals surface area (Å²) in [5.41, 5.74) is 0. The van der Waals surface area contributed by atoms with Gasteiger partial charge in [-0.15, -0.1) is 0 Å². The van der Waals surface area contributed by atoms with Crippen molar-refractivity contribution in [3.63, 3.8) is 0 Å². The topological polar surface area (TPSA) is 82.1 Å². The monoisotopic (exact) mass is 299 g/mol. The summed E-state index contributed by atoms with van der Waals surface area (Å²) in [5, 5.41) is 11.8. The normalized spacial score (nSPS) is 21.7. The number of carbonyl (C=O) groups excluding carboxylic acids is 1. The Morgan fingerprint density at radius 3 is 2.62 bits per heavy atom. The Bertz CT molecular complexity index is 365. The SMILES string of the molecule is CC(C(=O)O)C1CN(C(=O)NCCCN2CCOCC2)C1. The summed E-state index contributed by atoms with van der Waals surface area (Å²) in [6, 6.07) is -0.0779. The number of hydrogen-bond donors (Lipinski definition) is 2. The molecule has 2 rings (SSSR count). The maximum absolute atomic E-state index is 11.8. The molecule has 0 aromatic carbocycles. The van der Waals surface area contributed by atoms with Gasteiger partial charge in [-0.25, -0.2) is 4.79 Å². The molecule has 2 amide bonds. The van der Waals surface area contributed by atoms with Crippen LogP contribution in [0.25, 0.3) is 0 Å². The highest BCUT2D eigenvalue weighted by atomic mass is 16.5. The van der Waals surface area contributed by atoms with E-state index in [1.165, 1.54) is 0 Å². The lowest BCUT2D eigenvalue weighted by atomic mass is 9.87. The highest BCUT2D eigenvalue weighted by Gasteiger charge is 2.36. The fraction of sp³-hybridized carbons (Fsp3) is 0.857. The van der Waals surface area contributed by atoms with Gasteiger partial charge in [0.25, 0.3) is 0 Å². The van der Waals surface area contributed by atoms with Crippen molar-refractivity contribution < 1.29 is 19.4 Å². The molecule has 0 saturated carbocycles. The van der Waals surface area contributed by atoms with Crippen molar-refractivity contribution in [3.05, 3.63) is 0 Å². The Labute approximate surface area is 125 Å². The zero-order chi connectivity index (χ0) is 15.2. The van der Waals surface area contributed by atoms with Gasteiger partial charge in [-0.2, -0.15) is 0 Å². The molecular formula is C14H25N3O4. The van der Waals surface area contributed by atoms with Crippen molar-refractivity contribution in [2.45, 2.75) is 13.3 Å². The van der Waals surface area contributed by atoms with Gasteiger partial charge in [0.05, 0.1) is 19.1 Å². The Kier molecular flexibility index (Phi) is 5.81. The molecule has 120 valence electrons. The lowest BCUT2D eigenvalue weighted by molar-refractivity contribution is -0.144. The molecule has 0 bridgehead atoms. The number of carboxylic acid groups (broad SMARTS) is 1. The largest absolute Gasteiger partial charge is 0.481 e. The number of nitrogens with one attached hydrogen (secondary N) is 1. The van der Waals surface area contributed by atoms with Crippen LogP contribution in [0.4, 0.5) is 4.79 Å². The fourth-order valence-corrected chi connectivity index (χ4v) is 2.63. The van der Waals surface area contributed by atoms with E-state index in [4.69, 9.17) is 9.84 Å². The predicted molar refractivity (Wildman–Crippen MR) is 77.1 cm³/mol. The van der Waals surface area contributed by atoms with E-state index in [0.29, 0.717) is 19.6 Å². The van der Waals surface area contributed by atoms with Gasteiger partial charge in [-0.05, 0) is 13.0 Å². The van der Waals surface area contributed by atoms with Crippen LogP contribution < -0.4 is 5.32 Å². The van der Waals surface area contributed by atoms with Crippen LogP contribution in [-0.2, 0) is 9.53 Å². The molecule has 2 N–H and O–H groups in total. The van der Waals surface area contributed by atoms with Crippen molar-refractivity contribution in [1.82, 2.24) is 15.1 Å². The number of carboxylic acids is 1. The lowest BCUT2D eigenvalue weighted by Gasteiger charge is -2.41. The third-order valence-corrected chi connectivity index (χ3v) is 4.32. The molecule has 2 saturated heterocycles. The number of morpholine rings is 1. The summed E-state index contributed by atoms with van der Waals surface area (Å²) in [4.78, 5) is 26.7. The van der Waals surface area contributed by atoms with Gasteiger partial charge in [-0.3, -0.25) is 9.69 Å². The summed E-state index contributed by atoms with van der Waals surface area (Å²) in [5.74, 6) is -1.08. The average Bonchev–Trinajstić information content (AvgIpc) is 2.43. The van der Waals surface area contributed by atoms with E-state index < -0.39 is 5.97 Å². The summed E-state index contributed by atoms with van der Waals surface area (Å²) < 4.78 is 5.28. The molecular weight excluding hydrogens is 274 g/mol. The van der Waals surface area contributed by atoms with Gasteiger partial charge in [0.1, 0.15) is 0 Å². The minimum absolute atomic E-state index is 0.0779. The number of nitrogens with zero attached hydrogens (tertiary/aromatic N) is 2. The van der Waals surface area contributed by atoms with Crippen LogP contribution in [0, 0.1) is 11.8 Å². The summed E-state index contributed by atoms with van der Waals surface area (Å²) in [6.07, 6.45) is 0.925. The van der Waals surface area contributed by atoms with Crippen molar-refractivity contribution in [3.8, 4) is 0 Å². The first-order valence-electron chi connectivity index (χ1n) is 7.63. The predicted octanol–water partition coefficient (Wildman–Crippen LogP) is 0.0708. The molecule has 7 heteroatoms. The Morgan fingerprint density at radius 1 is 1.33 bits per heavy atom. The van der Waals surface area contributed by atoms with E-state index in [9.17, 15) is 9.59 Å². The summed E-state index contributed by atoms with van der Waals surface area (Å²) >= 11 is 0. The first-order chi connectivity index (χ1) is 10.1. The van der Waals surface area contributed by atoms with Gasteiger partial charge in [0.2, 0.25) is 0 Å². The molecule has 2 fully saturated rings. The van der Waals surface area contributed by atoms with Gasteiger partial charge >= 0.3 is 12.0 Å². The molecule has 2 aliphatic rings. The molecule has 0 aromatic heterocycles. The molecule has 21 heavy (non-hydrogen) atoms. The first-order valence-corrected chi connectivity index (χ1v) is 7.63. The standard InChI is InChI=1S/C14H25N3O4/c1-11(13(18)19)12-9-17(10-12)14(20)15-3-2-4-16-5-7-21-8-6-16/h11-12H,2-10H2,1H3,(H,15,20)(H,18,19). The Hall–Kier alpha value is -1.34. The number of aliphatic carboxylic acids is 1. The quantitative estimate of drug-likeness (QED) is 0.678. The van der Waals surface area contributed by atoms with E-state index in [0.717, 1.165) is 39.3 Å². The van der Waals surface area contributed by atoms with E-state index >= 15 is 0 Å². The number of rotatable bonds is 6. The summed E-state index contributed by atoms with van der Waals surface area (Å²) in [7, 11) is 0. The zero-order valence-corrected chi connectivity index (χ0v) is 12.6. The van der Waals surface area contributed by atoms with Crippen LogP contribution in [0.1, 0.15) is 13.3 Å². The fourth-order valence-electron chi connectivity index (χ4n) is 2.63. The molecule has 0 aromatic rings. The zero-order valence-electron chi connectivity index (χ0n) is 12.6. The van der Waals surface area contributed by atoms with Gasteiger partial charge < -0.3 is 20.1 Å². The number of carbonyl (C=O) groups is 2. The van der Waals surface area contributed by atoms with Crippen LogP contribution in [0.2, 0.25) is 0 Å². The summed E-state index contributed by atoms with van der Waals surface area (Å²) in [6.45, 7) is 7.94. The molecule has 2 heterocycles. The molecule has 1 atom stereocenters. The molecule has 0 radical (unpaired) electrons. The lowest BCUT2D eigenvalue weighted by Crippen LogP contribution is -2.56. The molecule has 0 aliphatic carbocycles. The van der Waals surface area contributed by atoms with Crippen molar-refractivity contribution in [1.29, 1.82) is 0 Å². The molecule has 1 unspecified atom stereocenters. The van der Waals surface area contributed by atoms with Crippen molar-refractivity contribution in [2.24, 2.45) is 11.8 Å². The highest BCUT2D eigenvalue weighted by Crippen LogP contribution is 2.23. The second-order valence-corrected chi connectivity index (χ2v) is 5.83. The van der Waals surface area contributed by atoms with Gasteiger partial charge in [-0.1, -0.05) is 6.92 Å². The number of hydrogen-bond acceptors (Lipinski definition) is 4. The van der Waals surface area contributed by atoms with Crippen LogP contribution in [0.5, 0.6) is 0 Å². The van der Waals surface area contributed by atoms with Crippen LogP contribution >= 0.6 is 0 Å². The Morgan fingerprint density at radius 2 is 2.00 bits per heavy atom.